The van der Waals surface area contributed by atoms with Crippen molar-refractivity contribution in [2.75, 3.05) is 12.0 Å². The average Bonchev–Trinajstić information content (AvgIpc) is 3.36. The summed E-state index contributed by atoms with van der Waals surface area (Å²) in [6.07, 6.45) is 0. The van der Waals surface area contributed by atoms with Crippen molar-refractivity contribution in [1.29, 1.82) is 0 Å². The molecule has 1 atom stereocenters. The number of benzene rings is 3. The zero-order chi connectivity index (χ0) is 25.4. The Morgan fingerprint density at radius 2 is 1.64 bits per heavy atom. The molecule has 0 aliphatic carbocycles. The highest BCUT2D eigenvalue weighted by molar-refractivity contribution is 7.80. The van der Waals surface area contributed by atoms with E-state index in [2.05, 4.69) is 80.6 Å². The normalized spacial score (nSPS) is 15.8. The van der Waals surface area contributed by atoms with Gasteiger partial charge in [0.2, 0.25) is 5.82 Å². The van der Waals surface area contributed by atoms with Gasteiger partial charge in [-0.1, -0.05) is 41.1 Å². The number of anilines is 1. The Labute approximate surface area is 216 Å². The van der Waals surface area contributed by atoms with Gasteiger partial charge in [0, 0.05) is 16.9 Å². The molecule has 1 aromatic heterocycles. The standard InChI is InChI=1S/C29H28N4O2S/c1-17-6-9-21(10-7-17)26-25(28-31-27(32-35-28)22-11-14-24(34-5)15-12-22)20(4)33(29(36)30-26)23-13-8-18(2)19(3)16-23/h6-16,26H,1-5H3,(H,30,36). The molecule has 0 radical (unpaired) electrons. The lowest BCUT2D eigenvalue weighted by Crippen LogP contribution is -2.46. The van der Waals surface area contributed by atoms with Crippen LogP contribution in [-0.4, -0.2) is 22.4 Å². The fourth-order valence-corrected chi connectivity index (χ4v) is 4.75. The molecule has 0 fully saturated rings. The van der Waals surface area contributed by atoms with E-state index >= 15 is 0 Å². The first-order valence-corrected chi connectivity index (χ1v) is 12.2. The van der Waals surface area contributed by atoms with E-state index in [-0.39, 0.29) is 6.04 Å². The average molecular weight is 497 g/mol. The first-order chi connectivity index (χ1) is 17.4. The number of aromatic nitrogens is 2. The molecule has 182 valence electrons. The van der Waals surface area contributed by atoms with Crippen LogP contribution in [0.5, 0.6) is 5.75 Å². The molecule has 0 saturated carbocycles. The number of nitrogens with zero attached hydrogens (tertiary/aromatic N) is 3. The number of allylic oxidation sites excluding steroid dienone is 1. The monoisotopic (exact) mass is 496 g/mol. The van der Waals surface area contributed by atoms with Crippen LogP contribution < -0.4 is 15.0 Å². The van der Waals surface area contributed by atoms with E-state index in [1.807, 2.05) is 29.2 Å². The lowest BCUT2D eigenvalue weighted by Gasteiger charge is -2.37. The third-order valence-corrected chi connectivity index (χ3v) is 6.95. The van der Waals surface area contributed by atoms with E-state index in [0.717, 1.165) is 33.8 Å². The first-order valence-electron chi connectivity index (χ1n) is 11.8. The van der Waals surface area contributed by atoms with Crippen molar-refractivity contribution in [1.82, 2.24) is 15.5 Å². The summed E-state index contributed by atoms with van der Waals surface area (Å²) >= 11 is 5.88. The highest BCUT2D eigenvalue weighted by atomic mass is 32.1. The molecule has 1 aliphatic heterocycles. The number of hydrogen-bond acceptors (Lipinski definition) is 5. The minimum absolute atomic E-state index is 0.231. The highest BCUT2D eigenvalue weighted by Crippen LogP contribution is 2.39. The molecule has 4 aromatic rings. The minimum atomic E-state index is -0.231. The van der Waals surface area contributed by atoms with Gasteiger partial charge in [0.1, 0.15) is 5.75 Å². The van der Waals surface area contributed by atoms with Crippen LogP contribution in [0.15, 0.2) is 77.0 Å². The Morgan fingerprint density at radius 3 is 2.31 bits per heavy atom. The van der Waals surface area contributed by atoms with E-state index in [4.69, 9.17) is 26.5 Å². The van der Waals surface area contributed by atoms with Gasteiger partial charge in [-0.25, -0.2) is 0 Å². The predicted octanol–water partition coefficient (Wildman–Crippen LogP) is 6.54. The van der Waals surface area contributed by atoms with E-state index < -0.39 is 0 Å². The molecule has 0 bridgehead atoms. The Morgan fingerprint density at radius 1 is 0.917 bits per heavy atom. The number of hydrogen-bond donors (Lipinski definition) is 1. The summed E-state index contributed by atoms with van der Waals surface area (Å²) in [6.45, 7) is 8.33. The van der Waals surface area contributed by atoms with Gasteiger partial charge >= 0.3 is 0 Å². The van der Waals surface area contributed by atoms with Crippen LogP contribution in [0.1, 0.15) is 41.1 Å². The molecule has 6 nitrogen and oxygen atoms in total. The zero-order valence-corrected chi connectivity index (χ0v) is 21.8. The van der Waals surface area contributed by atoms with Crippen molar-refractivity contribution in [3.05, 3.63) is 101 Å². The quantitative estimate of drug-likeness (QED) is 0.315. The summed E-state index contributed by atoms with van der Waals surface area (Å²) in [5.41, 5.74) is 8.36. The smallest absolute Gasteiger partial charge is 0.258 e. The summed E-state index contributed by atoms with van der Waals surface area (Å²) in [6, 6.07) is 22.1. The van der Waals surface area contributed by atoms with Gasteiger partial charge in [-0.05, 0) is 93.0 Å². The molecule has 3 aromatic carbocycles. The molecule has 1 unspecified atom stereocenters. The SMILES string of the molecule is COc1ccc(-c2noc(C3=C(C)N(c4ccc(C)c(C)c4)C(=S)NC3c3ccc(C)cc3)n2)cc1. The van der Waals surface area contributed by atoms with E-state index in [9.17, 15) is 0 Å². The Balaban J connectivity index is 1.64. The van der Waals surface area contributed by atoms with E-state index in [1.165, 1.54) is 16.7 Å². The first kappa shape index (κ1) is 23.8. The molecule has 2 heterocycles. The van der Waals surface area contributed by atoms with Gasteiger partial charge < -0.3 is 14.6 Å². The van der Waals surface area contributed by atoms with E-state index in [1.54, 1.807) is 7.11 Å². The molecule has 0 saturated heterocycles. The van der Waals surface area contributed by atoms with Crippen molar-refractivity contribution in [2.45, 2.75) is 33.7 Å². The second-order valence-electron chi connectivity index (χ2n) is 9.05. The number of thiocarbonyl (C=S) groups is 1. The van der Waals surface area contributed by atoms with Gasteiger partial charge in [-0.3, -0.25) is 4.90 Å². The molecular formula is C29H28N4O2S. The zero-order valence-electron chi connectivity index (χ0n) is 21.0. The maximum Gasteiger partial charge on any atom is 0.258 e. The van der Waals surface area contributed by atoms with Crippen molar-refractivity contribution in [2.24, 2.45) is 0 Å². The van der Waals surface area contributed by atoms with Gasteiger partial charge in [0.15, 0.2) is 5.11 Å². The van der Waals surface area contributed by atoms with Crippen LogP contribution in [0.3, 0.4) is 0 Å². The van der Waals surface area contributed by atoms with Gasteiger partial charge in [-0.15, -0.1) is 0 Å². The van der Waals surface area contributed by atoms with Gasteiger partial charge in [0.05, 0.1) is 18.7 Å². The highest BCUT2D eigenvalue weighted by Gasteiger charge is 2.34. The molecule has 0 spiro atoms. The number of methoxy groups -OCH3 is 1. The lowest BCUT2D eigenvalue weighted by molar-refractivity contribution is 0.404. The third kappa shape index (κ3) is 4.38. The predicted molar refractivity (Wildman–Crippen MR) is 147 cm³/mol. The second-order valence-corrected chi connectivity index (χ2v) is 9.43. The number of aryl methyl sites for hydroxylation is 3. The molecule has 7 heteroatoms. The van der Waals surface area contributed by atoms with Crippen molar-refractivity contribution in [3.8, 4) is 17.1 Å². The summed E-state index contributed by atoms with van der Waals surface area (Å²) in [4.78, 5) is 6.84. The lowest BCUT2D eigenvalue weighted by atomic mass is 9.94. The number of rotatable bonds is 5. The molecule has 1 aliphatic rings. The van der Waals surface area contributed by atoms with Crippen LogP contribution in [0.2, 0.25) is 0 Å². The van der Waals surface area contributed by atoms with Gasteiger partial charge in [-0.2, -0.15) is 4.98 Å². The van der Waals surface area contributed by atoms with Crippen molar-refractivity contribution >= 4 is 28.6 Å². The van der Waals surface area contributed by atoms with Crippen LogP contribution in [0, 0.1) is 20.8 Å². The Bertz CT molecular complexity index is 1460. The molecule has 1 N–H and O–H groups in total. The van der Waals surface area contributed by atoms with Gasteiger partial charge in [0.25, 0.3) is 5.89 Å². The molecule has 36 heavy (non-hydrogen) atoms. The molecular weight excluding hydrogens is 468 g/mol. The van der Waals surface area contributed by atoms with Crippen molar-refractivity contribution < 1.29 is 9.26 Å². The summed E-state index contributed by atoms with van der Waals surface area (Å²) < 4.78 is 11.1. The van der Waals surface area contributed by atoms with Crippen LogP contribution in [0.4, 0.5) is 5.69 Å². The van der Waals surface area contributed by atoms with E-state index in [0.29, 0.717) is 16.8 Å². The van der Waals surface area contributed by atoms with Crippen LogP contribution in [0.25, 0.3) is 17.0 Å². The fourth-order valence-electron chi connectivity index (χ4n) is 4.39. The van der Waals surface area contributed by atoms with Crippen molar-refractivity contribution in [3.63, 3.8) is 0 Å². The second kappa shape index (κ2) is 9.59. The minimum Gasteiger partial charge on any atom is -0.497 e. The number of ether oxygens (including phenoxy) is 1. The summed E-state index contributed by atoms with van der Waals surface area (Å²) in [7, 11) is 1.64. The molecule has 0 amide bonds. The summed E-state index contributed by atoms with van der Waals surface area (Å²) in [5, 5.41) is 8.45. The fraction of sp³-hybridized carbons (Fsp3) is 0.207. The number of nitrogens with one attached hydrogen (secondary N) is 1. The Hall–Kier alpha value is -3.97. The van der Waals surface area contributed by atoms with Crippen LogP contribution in [-0.2, 0) is 0 Å². The summed E-state index contributed by atoms with van der Waals surface area (Å²) in [5.74, 6) is 1.74. The topological polar surface area (TPSA) is 63.4 Å². The maximum absolute atomic E-state index is 5.88. The molecule has 5 rings (SSSR count). The maximum atomic E-state index is 5.88. The third-order valence-electron chi connectivity index (χ3n) is 6.65. The largest absolute Gasteiger partial charge is 0.497 e. The van der Waals surface area contributed by atoms with Crippen LogP contribution >= 0.6 is 12.2 Å². The Kier molecular flexibility index (Phi) is 6.33.